The molecule has 3 aromatic rings. The van der Waals surface area contributed by atoms with Gasteiger partial charge in [-0.15, -0.1) is 0 Å². The summed E-state index contributed by atoms with van der Waals surface area (Å²) in [7, 11) is 1.53. The molecule has 0 bridgehead atoms. The van der Waals surface area contributed by atoms with Gasteiger partial charge in [0, 0.05) is 23.6 Å². The van der Waals surface area contributed by atoms with Crippen LogP contribution in [0.15, 0.2) is 57.9 Å². The molecule has 1 aliphatic heterocycles. The van der Waals surface area contributed by atoms with Crippen LogP contribution in [0.2, 0.25) is 0 Å². The van der Waals surface area contributed by atoms with Gasteiger partial charge in [0.25, 0.3) is 0 Å². The van der Waals surface area contributed by atoms with Crippen molar-refractivity contribution < 1.29 is 19.0 Å². The van der Waals surface area contributed by atoms with Crippen molar-refractivity contribution in [1.82, 2.24) is 0 Å². The SMILES string of the molecule is COc1cc(-c2cc(=NC[C@@H]3CCCO3)c3ccccc3o2)ccc1O. The Kier molecular flexibility index (Phi) is 4.63. The summed E-state index contributed by atoms with van der Waals surface area (Å²) < 4.78 is 17.0. The van der Waals surface area contributed by atoms with Gasteiger partial charge in [-0.1, -0.05) is 12.1 Å². The predicted molar refractivity (Wildman–Crippen MR) is 99.3 cm³/mol. The highest BCUT2D eigenvalue weighted by Gasteiger charge is 2.15. The van der Waals surface area contributed by atoms with Crippen LogP contribution in [0.1, 0.15) is 12.8 Å². The van der Waals surface area contributed by atoms with Gasteiger partial charge in [-0.05, 0) is 43.2 Å². The van der Waals surface area contributed by atoms with E-state index < -0.39 is 0 Å². The highest BCUT2D eigenvalue weighted by molar-refractivity contribution is 5.78. The normalized spacial score (nSPS) is 17.7. The number of nitrogens with zero attached hydrogens (tertiary/aromatic N) is 1. The van der Waals surface area contributed by atoms with Crippen LogP contribution in [-0.2, 0) is 4.74 Å². The van der Waals surface area contributed by atoms with Gasteiger partial charge >= 0.3 is 0 Å². The third-order valence-corrected chi connectivity index (χ3v) is 4.60. The Hall–Kier alpha value is -2.79. The second-order valence-electron chi connectivity index (χ2n) is 6.35. The van der Waals surface area contributed by atoms with Crippen LogP contribution in [-0.4, -0.2) is 31.5 Å². The zero-order valence-corrected chi connectivity index (χ0v) is 14.6. The molecule has 0 aliphatic carbocycles. The number of phenols is 1. The molecule has 134 valence electrons. The van der Waals surface area contributed by atoms with Gasteiger partial charge in [-0.25, -0.2) is 0 Å². The van der Waals surface area contributed by atoms with E-state index in [-0.39, 0.29) is 11.9 Å². The molecule has 0 radical (unpaired) electrons. The number of aromatic hydroxyl groups is 1. The molecule has 4 rings (SSSR count). The van der Waals surface area contributed by atoms with E-state index in [9.17, 15) is 5.11 Å². The van der Waals surface area contributed by atoms with Crippen LogP contribution >= 0.6 is 0 Å². The minimum atomic E-state index is 0.0975. The molecule has 0 spiro atoms. The van der Waals surface area contributed by atoms with Crippen LogP contribution in [0.3, 0.4) is 0 Å². The molecular formula is C21H21NO4. The number of benzene rings is 2. The lowest BCUT2D eigenvalue weighted by Gasteiger charge is -2.09. The number of hydrogen-bond donors (Lipinski definition) is 1. The van der Waals surface area contributed by atoms with Crippen LogP contribution in [0.25, 0.3) is 22.3 Å². The zero-order chi connectivity index (χ0) is 17.9. The average molecular weight is 351 g/mol. The summed E-state index contributed by atoms with van der Waals surface area (Å²) >= 11 is 0. The first kappa shape index (κ1) is 16.7. The minimum Gasteiger partial charge on any atom is -0.504 e. The molecule has 1 aliphatic rings. The molecular weight excluding hydrogens is 330 g/mol. The van der Waals surface area contributed by atoms with E-state index in [1.807, 2.05) is 30.3 Å². The van der Waals surface area contributed by atoms with Crippen molar-refractivity contribution in [2.45, 2.75) is 18.9 Å². The molecule has 0 unspecified atom stereocenters. The van der Waals surface area contributed by atoms with Gasteiger partial charge in [0.2, 0.25) is 0 Å². The Labute approximate surface area is 151 Å². The van der Waals surface area contributed by atoms with E-state index in [4.69, 9.17) is 18.9 Å². The highest BCUT2D eigenvalue weighted by atomic mass is 16.5. The fraction of sp³-hybridized carbons (Fsp3) is 0.286. The standard InChI is InChI=1S/C21H21NO4/c1-24-21-11-14(8-9-18(21)23)20-12-17(22-13-15-5-4-10-25-15)16-6-2-3-7-19(16)26-20/h2-3,6-9,11-12,15,23H,4-5,10,13H2,1H3/t15-/m0/s1. The number of para-hydroxylation sites is 1. The van der Waals surface area contributed by atoms with Gasteiger partial charge in [-0.3, -0.25) is 4.99 Å². The summed E-state index contributed by atoms with van der Waals surface area (Å²) in [6.07, 6.45) is 2.35. The number of fused-ring (bicyclic) bond motifs is 1. The third-order valence-electron chi connectivity index (χ3n) is 4.60. The second kappa shape index (κ2) is 7.22. The molecule has 1 atom stereocenters. The average Bonchev–Trinajstić information content (AvgIpc) is 3.20. The maximum atomic E-state index is 9.83. The number of phenolic OH excluding ortho intramolecular Hbond substituents is 1. The summed E-state index contributed by atoms with van der Waals surface area (Å²) in [4.78, 5) is 4.80. The zero-order valence-electron chi connectivity index (χ0n) is 14.6. The number of methoxy groups -OCH3 is 1. The first-order valence-corrected chi connectivity index (χ1v) is 8.77. The molecule has 1 fully saturated rings. The summed E-state index contributed by atoms with van der Waals surface area (Å²) in [6.45, 7) is 1.47. The summed E-state index contributed by atoms with van der Waals surface area (Å²) in [5, 5.41) is 11.7. The van der Waals surface area contributed by atoms with Crippen LogP contribution in [0.4, 0.5) is 0 Å². The number of rotatable bonds is 4. The van der Waals surface area contributed by atoms with Crippen molar-refractivity contribution in [3.63, 3.8) is 0 Å². The molecule has 1 N–H and O–H groups in total. The van der Waals surface area contributed by atoms with Crippen molar-refractivity contribution in [1.29, 1.82) is 0 Å². The van der Waals surface area contributed by atoms with E-state index in [1.165, 1.54) is 7.11 Å². The molecule has 1 aromatic heterocycles. The molecule has 5 heteroatoms. The summed E-state index contributed by atoms with van der Waals surface area (Å²) in [5.74, 6) is 1.18. The van der Waals surface area contributed by atoms with Gasteiger partial charge in [0.05, 0.1) is 25.1 Å². The lowest BCUT2D eigenvalue weighted by molar-refractivity contribution is 0.117. The van der Waals surface area contributed by atoms with Crippen molar-refractivity contribution in [2.24, 2.45) is 4.99 Å². The van der Waals surface area contributed by atoms with E-state index >= 15 is 0 Å². The van der Waals surface area contributed by atoms with Crippen molar-refractivity contribution in [3.05, 3.63) is 53.9 Å². The van der Waals surface area contributed by atoms with Gasteiger partial charge in [-0.2, -0.15) is 0 Å². The van der Waals surface area contributed by atoms with E-state index in [0.29, 0.717) is 18.1 Å². The van der Waals surface area contributed by atoms with Crippen LogP contribution in [0.5, 0.6) is 11.5 Å². The fourth-order valence-corrected chi connectivity index (χ4v) is 3.21. The lowest BCUT2D eigenvalue weighted by atomic mass is 10.1. The Balaban J connectivity index is 1.82. The summed E-state index contributed by atoms with van der Waals surface area (Å²) in [5.41, 5.74) is 1.59. The Morgan fingerprint density at radius 2 is 2.08 bits per heavy atom. The molecule has 0 amide bonds. The molecule has 2 aromatic carbocycles. The maximum absolute atomic E-state index is 9.83. The van der Waals surface area contributed by atoms with Crippen LogP contribution in [0, 0.1) is 0 Å². The Bertz CT molecular complexity index is 987. The van der Waals surface area contributed by atoms with Gasteiger partial charge < -0.3 is 19.0 Å². The molecule has 2 heterocycles. The van der Waals surface area contributed by atoms with Crippen molar-refractivity contribution >= 4 is 11.0 Å². The largest absolute Gasteiger partial charge is 0.504 e. The maximum Gasteiger partial charge on any atom is 0.161 e. The van der Waals surface area contributed by atoms with Crippen LogP contribution < -0.4 is 10.1 Å². The monoisotopic (exact) mass is 351 g/mol. The number of hydrogen-bond acceptors (Lipinski definition) is 5. The van der Waals surface area contributed by atoms with E-state index in [0.717, 1.165) is 41.3 Å². The third kappa shape index (κ3) is 3.30. The highest BCUT2D eigenvalue weighted by Crippen LogP contribution is 2.31. The molecule has 1 saturated heterocycles. The summed E-state index contributed by atoms with van der Waals surface area (Å²) in [6, 6.07) is 15.0. The molecule has 5 nitrogen and oxygen atoms in total. The van der Waals surface area contributed by atoms with Crippen molar-refractivity contribution in [2.75, 3.05) is 20.3 Å². The smallest absolute Gasteiger partial charge is 0.161 e. The molecule has 0 saturated carbocycles. The Morgan fingerprint density at radius 1 is 1.19 bits per heavy atom. The van der Waals surface area contributed by atoms with Gasteiger partial charge in [0.15, 0.2) is 11.5 Å². The van der Waals surface area contributed by atoms with Crippen molar-refractivity contribution in [3.8, 4) is 22.8 Å². The van der Waals surface area contributed by atoms with E-state index in [1.54, 1.807) is 18.2 Å². The first-order valence-electron chi connectivity index (χ1n) is 8.77. The topological polar surface area (TPSA) is 64.2 Å². The molecule has 26 heavy (non-hydrogen) atoms. The Morgan fingerprint density at radius 3 is 2.88 bits per heavy atom. The lowest BCUT2D eigenvalue weighted by Crippen LogP contribution is -2.13. The fourth-order valence-electron chi connectivity index (χ4n) is 3.21. The van der Waals surface area contributed by atoms with E-state index in [2.05, 4.69) is 0 Å². The minimum absolute atomic E-state index is 0.0975. The predicted octanol–water partition coefficient (Wildman–Crippen LogP) is 3.89. The quantitative estimate of drug-likeness (QED) is 0.774. The second-order valence-corrected chi connectivity index (χ2v) is 6.35. The van der Waals surface area contributed by atoms with Gasteiger partial charge in [0.1, 0.15) is 11.3 Å². The number of ether oxygens (including phenoxy) is 2. The first-order chi connectivity index (χ1) is 12.7.